The molecule has 0 saturated carbocycles. The Morgan fingerprint density at radius 3 is 1.06 bits per heavy atom. The second-order valence-electron chi connectivity index (χ2n) is 3.81. The predicted octanol–water partition coefficient (Wildman–Crippen LogP) is 4.93. The highest BCUT2D eigenvalue weighted by Crippen LogP contribution is 1.99. The van der Waals surface area contributed by atoms with Crippen LogP contribution in [0.3, 0.4) is 0 Å². The van der Waals surface area contributed by atoms with Gasteiger partial charge in [-0.25, -0.2) is 0 Å². The molecule has 0 aliphatic carbocycles. The van der Waals surface area contributed by atoms with Crippen LogP contribution in [0.1, 0.15) is 24.1 Å². The highest BCUT2D eigenvalue weighted by molar-refractivity contribution is 5.19. The fourth-order valence-electron chi connectivity index (χ4n) is 1.17. The van der Waals surface area contributed by atoms with Crippen LogP contribution in [0.25, 0.3) is 0 Å². The first-order chi connectivity index (χ1) is 7.18. The Hall–Kier alpha value is -1.56. The van der Waals surface area contributed by atoms with Gasteiger partial charge in [0.25, 0.3) is 0 Å². The van der Waals surface area contributed by atoms with Gasteiger partial charge in [0.05, 0.1) is 0 Å². The molecular weight excluding hydrogens is 192 g/mol. The molecule has 0 N–H and O–H groups in total. The van der Waals surface area contributed by atoms with E-state index >= 15 is 0 Å². The molecular formula is C16H22. The molecule has 0 aliphatic rings. The van der Waals surface area contributed by atoms with Crippen molar-refractivity contribution >= 4 is 0 Å². The van der Waals surface area contributed by atoms with E-state index in [1.165, 1.54) is 16.7 Å². The molecule has 0 radical (unpaired) electrons. The van der Waals surface area contributed by atoms with E-state index in [-0.39, 0.29) is 7.43 Å². The molecule has 0 heterocycles. The fourth-order valence-corrected chi connectivity index (χ4v) is 1.17. The van der Waals surface area contributed by atoms with E-state index < -0.39 is 0 Å². The fraction of sp³-hybridized carbons (Fsp3) is 0.250. The summed E-state index contributed by atoms with van der Waals surface area (Å²) in [5, 5.41) is 0. The van der Waals surface area contributed by atoms with Crippen molar-refractivity contribution in [3.05, 3.63) is 71.3 Å². The van der Waals surface area contributed by atoms with Crippen molar-refractivity contribution in [2.75, 3.05) is 0 Å². The van der Waals surface area contributed by atoms with Crippen LogP contribution in [0.5, 0.6) is 0 Å². The summed E-state index contributed by atoms with van der Waals surface area (Å²) in [4.78, 5) is 0. The van der Waals surface area contributed by atoms with E-state index in [4.69, 9.17) is 0 Å². The highest BCUT2D eigenvalue weighted by Gasteiger charge is 1.79. The molecule has 2 rings (SSSR count). The number of aryl methyl sites for hydroxylation is 3. The minimum absolute atomic E-state index is 0. The predicted molar refractivity (Wildman–Crippen MR) is 73.8 cm³/mol. The van der Waals surface area contributed by atoms with Crippen LogP contribution in [-0.4, -0.2) is 0 Å². The molecule has 0 bridgehead atoms. The lowest BCUT2D eigenvalue weighted by atomic mass is 10.2. The molecule has 0 amide bonds. The van der Waals surface area contributed by atoms with E-state index in [0.29, 0.717) is 0 Å². The summed E-state index contributed by atoms with van der Waals surface area (Å²) in [5.74, 6) is 0. The van der Waals surface area contributed by atoms with Crippen molar-refractivity contribution in [2.24, 2.45) is 0 Å². The normalized spacial score (nSPS) is 8.44. The number of rotatable bonds is 0. The van der Waals surface area contributed by atoms with E-state index in [0.717, 1.165) is 0 Å². The zero-order valence-electron chi connectivity index (χ0n) is 9.70. The monoisotopic (exact) mass is 214 g/mol. The minimum Gasteiger partial charge on any atom is -0.0776 e. The van der Waals surface area contributed by atoms with Gasteiger partial charge in [0.15, 0.2) is 0 Å². The van der Waals surface area contributed by atoms with Gasteiger partial charge < -0.3 is 0 Å². The first-order valence-electron chi connectivity index (χ1n) is 5.23. The van der Waals surface area contributed by atoms with Crippen LogP contribution in [0.4, 0.5) is 0 Å². The van der Waals surface area contributed by atoms with E-state index in [1.54, 1.807) is 0 Å². The maximum atomic E-state index is 2.12. The molecule has 16 heavy (non-hydrogen) atoms. The van der Waals surface area contributed by atoms with Gasteiger partial charge >= 0.3 is 0 Å². The van der Waals surface area contributed by atoms with Gasteiger partial charge in [-0.05, 0) is 20.8 Å². The third-order valence-electron chi connectivity index (χ3n) is 2.16. The second kappa shape index (κ2) is 7.70. The lowest BCUT2D eigenvalue weighted by Crippen LogP contribution is -1.70. The van der Waals surface area contributed by atoms with Crippen molar-refractivity contribution in [1.82, 2.24) is 0 Å². The lowest BCUT2D eigenvalue weighted by molar-refractivity contribution is 1.40. The van der Waals surface area contributed by atoms with Crippen LogP contribution < -0.4 is 0 Å². The van der Waals surface area contributed by atoms with E-state index in [1.807, 2.05) is 18.2 Å². The van der Waals surface area contributed by atoms with Gasteiger partial charge in [-0.3, -0.25) is 0 Å². The average Bonchev–Trinajstić information content (AvgIpc) is 2.25. The molecule has 0 atom stereocenters. The smallest absolute Gasteiger partial charge is 0.0398 e. The zero-order valence-corrected chi connectivity index (χ0v) is 9.70. The minimum atomic E-state index is 0. The molecule has 0 aromatic heterocycles. The maximum absolute atomic E-state index is 2.12. The van der Waals surface area contributed by atoms with Gasteiger partial charge in [0.1, 0.15) is 0 Å². The Morgan fingerprint density at radius 2 is 0.812 bits per heavy atom. The Bertz CT molecular complexity index is 350. The Kier molecular flexibility index (Phi) is 6.95. The molecule has 2 aromatic carbocycles. The van der Waals surface area contributed by atoms with Gasteiger partial charge in [0, 0.05) is 0 Å². The summed E-state index contributed by atoms with van der Waals surface area (Å²) >= 11 is 0. The maximum Gasteiger partial charge on any atom is -0.0398 e. The molecule has 0 heteroatoms. The summed E-state index contributed by atoms with van der Waals surface area (Å²) < 4.78 is 0. The lowest BCUT2D eigenvalue weighted by Gasteiger charge is -1.90. The van der Waals surface area contributed by atoms with Gasteiger partial charge in [-0.2, -0.15) is 0 Å². The third-order valence-corrected chi connectivity index (χ3v) is 2.16. The van der Waals surface area contributed by atoms with Crippen molar-refractivity contribution in [3.63, 3.8) is 0 Å². The average molecular weight is 214 g/mol. The Labute approximate surface area is 100.0 Å². The van der Waals surface area contributed by atoms with Crippen molar-refractivity contribution in [1.29, 1.82) is 0 Å². The van der Waals surface area contributed by atoms with Crippen molar-refractivity contribution in [3.8, 4) is 0 Å². The summed E-state index contributed by atoms with van der Waals surface area (Å²) in [5.41, 5.74) is 3.98. The molecule has 0 saturated heterocycles. The van der Waals surface area contributed by atoms with Crippen LogP contribution in [0.2, 0.25) is 0 Å². The summed E-state index contributed by atoms with van der Waals surface area (Å²) in [6.45, 7) is 6.28. The first kappa shape index (κ1) is 14.4. The molecule has 86 valence electrons. The van der Waals surface area contributed by atoms with Crippen LogP contribution in [-0.2, 0) is 0 Å². The highest BCUT2D eigenvalue weighted by atomic mass is 13.9. The van der Waals surface area contributed by atoms with Gasteiger partial charge in [0.2, 0.25) is 0 Å². The molecule has 0 fully saturated rings. The second-order valence-corrected chi connectivity index (χ2v) is 3.81. The quantitative estimate of drug-likeness (QED) is 0.583. The summed E-state index contributed by atoms with van der Waals surface area (Å²) in [6.07, 6.45) is 0. The standard InChI is InChI=1S/C8H10.C7H8.CH4/c1-7-3-5-8(2)6-4-7;1-7-5-3-2-4-6-7;/h3-6H,1-2H3;2-6H,1H3;1H4. The van der Waals surface area contributed by atoms with Crippen LogP contribution in [0.15, 0.2) is 54.6 Å². The number of benzene rings is 2. The largest absolute Gasteiger partial charge is 0.0776 e. The Morgan fingerprint density at radius 1 is 0.500 bits per heavy atom. The summed E-state index contributed by atoms with van der Waals surface area (Å²) in [7, 11) is 0. The molecule has 2 aromatic rings. The van der Waals surface area contributed by atoms with Crippen molar-refractivity contribution < 1.29 is 0 Å². The third kappa shape index (κ3) is 6.02. The van der Waals surface area contributed by atoms with Crippen LogP contribution in [0, 0.1) is 20.8 Å². The van der Waals surface area contributed by atoms with Crippen molar-refractivity contribution in [2.45, 2.75) is 28.2 Å². The van der Waals surface area contributed by atoms with Gasteiger partial charge in [-0.15, -0.1) is 0 Å². The first-order valence-corrected chi connectivity index (χ1v) is 5.23. The summed E-state index contributed by atoms with van der Waals surface area (Å²) in [6, 6.07) is 18.7. The molecule has 0 unspecified atom stereocenters. The molecule has 0 aliphatic heterocycles. The molecule has 0 nitrogen and oxygen atoms in total. The number of hydrogen-bond acceptors (Lipinski definition) is 0. The SMILES string of the molecule is C.Cc1ccc(C)cc1.Cc1ccccc1. The van der Waals surface area contributed by atoms with Gasteiger partial charge in [-0.1, -0.05) is 78.7 Å². The van der Waals surface area contributed by atoms with Crippen LogP contribution >= 0.6 is 0 Å². The van der Waals surface area contributed by atoms with E-state index in [9.17, 15) is 0 Å². The zero-order chi connectivity index (χ0) is 11.1. The molecule has 0 spiro atoms. The van der Waals surface area contributed by atoms with E-state index in [2.05, 4.69) is 57.2 Å². The topological polar surface area (TPSA) is 0 Å². The number of hydrogen-bond donors (Lipinski definition) is 0. The Balaban J connectivity index is 0.000000267.